The molecule has 0 unspecified atom stereocenters. The summed E-state index contributed by atoms with van der Waals surface area (Å²) in [7, 11) is 1.64. The van der Waals surface area contributed by atoms with Crippen LogP contribution in [-0.2, 0) is 16.1 Å². The predicted octanol–water partition coefficient (Wildman–Crippen LogP) is 0.629. The largest absolute Gasteiger partial charge is 0.383 e. The van der Waals surface area contributed by atoms with Crippen molar-refractivity contribution in [1.29, 1.82) is 0 Å². The molecule has 3 N–H and O–H groups in total. The number of anilines is 1. The van der Waals surface area contributed by atoms with Gasteiger partial charge in [-0.3, -0.25) is 9.48 Å². The molecule has 0 aliphatic carbocycles. The minimum Gasteiger partial charge on any atom is -0.383 e. The van der Waals surface area contributed by atoms with Crippen molar-refractivity contribution in [3.8, 4) is 0 Å². The lowest BCUT2D eigenvalue weighted by molar-refractivity contribution is -0.116. The number of amides is 1. The van der Waals surface area contributed by atoms with Crippen LogP contribution in [0, 0.1) is 0 Å². The molecule has 0 aliphatic rings. The van der Waals surface area contributed by atoms with Gasteiger partial charge in [-0.25, -0.2) is 0 Å². The molecule has 17 heavy (non-hydrogen) atoms. The first-order valence-electron chi connectivity index (χ1n) is 5.27. The van der Waals surface area contributed by atoms with Crippen molar-refractivity contribution in [3.63, 3.8) is 0 Å². The zero-order valence-electron chi connectivity index (χ0n) is 9.89. The molecule has 7 heteroatoms. The molecular weight excluding hydrogens is 244 g/mol. The second-order valence-corrected chi connectivity index (χ2v) is 3.43. The van der Waals surface area contributed by atoms with Gasteiger partial charge in [0.25, 0.3) is 0 Å². The third-order valence-electron chi connectivity index (χ3n) is 2.05. The summed E-state index contributed by atoms with van der Waals surface area (Å²) in [5.74, 6) is -0.0308. The number of nitrogens with zero attached hydrogens (tertiary/aromatic N) is 2. The van der Waals surface area contributed by atoms with E-state index in [4.69, 9.17) is 10.5 Å². The van der Waals surface area contributed by atoms with E-state index in [9.17, 15) is 4.79 Å². The second kappa shape index (κ2) is 8.98. The fourth-order valence-electron chi connectivity index (χ4n) is 1.22. The zero-order chi connectivity index (χ0) is 11.8. The van der Waals surface area contributed by atoms with E-state index in [0.717, 1.165) is 0 Å². The van der Waals surface area contributed by atoms with E-state index in [-0.39, 0.29) is 18.3 Å². The second-order valence-electron chi connectivity index (χ2n) is 3.43. The smallest absolute Gasteiger partial charge is 0.224 e. The van der Waals surface area contributed by atoms with Crippen molar-refractivity contribution in [2.24, 2.45) is 5.73 Å². The SMILES string of the molecule is COCCn1cc(NC(=O)CCCN)cn1.Cl. The van der Waals surface area contributed by atoms with E-state index in [1.54, 1.807) is 24.2 Å². The van der Waals surface area contributed by atoms with Crippen molar-refractivity contribution in [2.75, 3.05) is 25.6 Å². The van der Waals surface area contributed by atoms with Crippen LogP contribution < -0.4 is 11.1 Å². The van der Waals surface area contributed by atoms with Gasteiger partial charge < -0.3 is 15.8 Å². The van der Waals surface area contributed by atoms with Crippen LogP contribution in [0.2, 0.25) is 0 Å². The maximum absolute atomic E-state index is 11.4. The van der Waals surface area contributed by atoms with Crippen LogP contribution in [0.15, 0.2) is 12.4 Å². The molecule has 0 saturated heterocycles. The molecule has 1 amide bonds. The molecule has 0 spiro atoms. The molecule has 1 aromatic heterocycles. The van der Waals surface area contributed by atoms with Gasteiger partial charge in [0, 0.05) is 19.7 Å². The van der Waals surface area contributed by atoms with Gasteiger partial charge in [-0.05, 0) is 13.0 Å². The molecule has 0 saturated carbocycles. The van der Waals surface area contributed by atoms with Crippen LogP contribution in [0.3, 0.4) is 0 Å². The van der Waals surface area contributed by atoms with Gasteiger partial charge in [-0.2, -0.15) is 5.10 Å². The number of halogens is 1. The Balaban J connectivity index is 0.00000256. The van der Waals surface area contributed by atoms with Crippen molar-refractivity contribution in [3.05, 3.63) is 12.4 Å². The number of nitrogens with one attached hydrogen (secondary N) is 1. The van der Waals surface area contributed by atoms with Gasteiger partial charge in [0.1, 0.15) is 0 Å². The number of nitrogens with two attached hydrogens (primary N) is 1. The average Bonchev–Trinajstić information content (AvgIpc) is 2.71. The maximum atomic E-state index is 11.4. The van der Waals surface area contributed by atoms with E-state index in [1.165, 1.54) is 0 Å². The number of hydrogen-bond acceptors (Lipinski definition) is 4. The molecule has 0 atom stereocenters. The van der Waals surface area contributed by atoms with Crippen molar-refractivity contribution in [2.45, 2.75) is 19.4 Å². The minimum absolute atomic E-state index is 0. The van der Waals surface area contributed by atoms with E-state index >= 15 is 0 Å². The minimum atomic E-state index is -0.0308. The van der Waals surface area contributed by atoms with Crippen molar-refractivity contribution >= 4 is 24.0 Å². The molecular formula is C10H19ClN4O2. The molecule has 0 aliphatic heterocycles. The molecule has 1 rings (SSSR count). The van der Waals surface area contributed by atoms with Crippen LogP contribution in [-0.4, -0.2) is 35.9 Å². The highest BCUT2D eigenvalue weighted by Gasteiger charge is 2.03. The fourth-order valence-corrected chi connectivity index (χ4v) is 1.22. The van der Waals surface area contributed by atoms with Gasteiger partial charge in [0.2, 0.25) is 5.91 Å². The Morgan fingerprint density at radius 1 is 1.65 bits per heavy atom. The highest BCUT2D eigenvalue weighted by molar-refractivity contribution is 5.90. The summed E-state index contributed by atoms with van der Waals surface area (Å²) in [6.45, 7) is 1.80. The van der Waals surface area contributed by atoms with Crippen LogP contribution in [0.1, 0.15) is 12.8 Å². The highest BCUT2D eigenvalue weighted by atomic mass is 35.5. The van der Waals surface area contributed by atoms with Crippen molar-refractivity contribution in [1.82, 2.24) is 9.78 Å². The quantitative estimate of drug-likeness (QED) is 0.755. The number of rotatable bonds is 7. The third kappa shape index (κ3) is 6.25. The molecule has 0 fully saturated rings. The molecule has 0 radical (unpaired) electrons. The lowest BCUT2D eigenvalue weighted by atomic mass is 10.3. The molecule has 1 heterocycles. The summed E-state index contributed by atoms with van der Waals surface area (Å²) in [5, 5.41) is 6.84. The Kier molecular flexibility index (Phi) is 8.39. The molecule has 1 aromatic rings. The van der Waals surface area contributed by atoms with Crippen LogP contribution >= 0.6 is 12.4 Å². The number of hydrogen-bond donors (Lipinski definition) is 2. The van der Waals surface area contributed by atoms with Crippen molar-refractivity contribution < 1.29 is 9.53 Å². The first kappa shape index (κ1) is 15.9. The van der Waals surface area contributed by atoms with Gasteiger partial charge in [-0.15, -0.1) is 12.4 Å². The van der Waals surface area contributed by atoms with E-state index in [2.05, 4.69) is 10.4 Å². The first-order valence-corrected chi connectivity index (χ1v) is 5.27. The molecule has 98 valence electrons. The Hall–Kier alpha value is -1.11. The Morgan fingerprint density at radius 2 is 2.41 bits per heavy atom. The summed E-state index contributed by atoms with van der Waals surface area (Å²) in [6.07, 6.45) is 4.54. The van der Waals surface area contributed by atoms with Crippen LogP contribution in [0.5, 0.6) is 0 Å². The number of carbonyl (C=O) groups is 1. The number of carbonyl (C=O) groups excluding carboxylic acids is 1. The average molecular weight is 263 g/mol. The highest BCUT2D eigenvalue weighted by Crippen LogP contribution is 2.05. The van der Waals surface area contributed by atoms with Gasteiger partial charge in [-0.1, -0.05) is 0 Å². The summed E-state index contributed by atoms with van der Waals surface area (Å²) < 4.78 is 6.65. The van der Waals surface area contributed by atoms with Gasteiger partial charge in [0.15, 0.2) is 0 Å². The summed E-state index contributed by atoms with van der Waals surface area (Å²) >= 11 is 0. The third-order valence-corrected chi connectivity index (χ3v) is 2.05. The van der Waals surface area contributed by atoms with Gasteiger partial charge in [0.05, 0.1) is 25.0 Å². The van der Waals surface area contributed by atoms with Crippen LogP contribution in [0.4, 0.5) is 5.69 Å². The normalized spacial score (nSPS) is 9.76. The van der Waals surface area contributed by atoms with E-state index in [1.807, 2.05) is 0 Å². The number of ether oxygens (including phenoxy) is 1. The summed E-state index contributed by atoms with van der Waals surface area (Å²) in [4.78, 5) is 11.4. The predicted molar refractivity (Wildman–Crippen MR) is 68.3 cm³/mol. The number of aromatic nitrogens is 2. The molecule has 0 aromatic carbocycles. The standard InChI is InChI=1S/C10H18N4O2.ClH/c1-16-6-5-14-8-9(7-12-14)13-10(15)3-2-4-11;/h7-8H,2-6,11H2,1H3,(H,13,15);1H. The monoisotopic (exact) mass is 262 g/mol. The number of methoxy groups -OCH3 is 1. The molecule has 0 bridgehead atoms. The summed E-state index contributed by atoms with van der Waals surface area (Å²) in [5.41, 5.74) is 6.03. The zero-order valence-corrected chi connectivity index (χ0v) is 10.7. The lowest BCUT2D eigenvalue weighted by Gasteiger charge is -2.01. The maximum Gasteiger partial charge on any atom is 0.224 e. The van der Waals surface area contributed by atoms with Gasteiger partial charge >= 0.3 is 0 Å². The summed E-state index contributed by atoms with van der Waals surface area (Å²) in [6, 6.07) is 0. The van der Waals surface area contributed by atoms with E-state index < -0.39 is 0 Å². The Bertz CT molecular complexity index is 330. The fraction of sp³-hybridized carbons (Fsp3) is 0.600. The van der Waals surface area contributed by atoms with Crippen LogP contribution in [0.25, 0.3) is 0 Å². The first-order chi connectivity index (χ1) is 7.76. The lowest BCUT2D eigenvalue weighted by Crippen LogP contribution is -2.13. The topological polar surface area (TPSA) is 82.2 Å². The van der Waals surface area contributed by atoms with E-state index in [0.29, 0.717) is 38.2 Å². The Morgan fingerprint density at radius 3 is 3.06 bits per heavy atom. The Labute approximate surface area is 107 Å². The molecule has 6 nitrogen and oxygen atoms in total.